The van der Waals surface area contributed by atoms with E-state index in [-0.39, 0.29) is 24.4 Å². The van der Waals surface area contributed by atoms with Crippen LogP contribution in [0, 0.1) is 0 Å². The summed E-state index contributed by atoms with van der Waals surface area (Å²) < 4.78 is 5.94. The second-order valence-corrected chi connectivity index (χ2v) is 6.85. The van der Waals surface area contributed by atoms with Gasteiger partial charge in [0.15, 0.2) is 0 Å². The van der Waals surface area contributed by atoms with Gasteiger partial charge in [-0.1, -0.05) is 29.8 Å². The van der Waals surface area contributed by atoms with Gasteiger partial charge < -0.3 is 14.6 Å². The molecule has 0 saturated carbocycles. The Morgan fingerprint density at radius 3 is 2.92 bits per heavy atom. The van der Waals surface area contributed by atoms with E-state index in [1.165, 1.54) is 6.92 Å². The third kappa shape index (κ3) is 4.43. The number of nitrogens with zero attached hydrogens (tertiary/aromatic N) is 2. The van der Waals surface area contributed by atoms with E-state index in [1.807, 2.05) is 24.3 Å². The van der Waals surface area contributed by atoms with E-state index in [4.69, 9.17) is 16.0 Å². The number of nitrogens with one attached hydrogen (secondary N) is 1. The first-order chi connectivity index (χ1) is 12.5. The average molecular weight is 376 g/mol. The molecule has 138 valence electrons. The molecule has 1 aliphatic rings. The van der Waals surface area contributed by atoms with Crippen LogP contribution in [-0.2, 0) is 16.0 Å². The zero-order valence-electron chi connectivity index (χ0n) is 14.7. The summed E-state index contributed by atoms with van der Waals surface area (Å²) in [5, 5.41) is 3.25. The third-order valence-electron chi connectivity index (χ3n) is 4.49. The Hall–Kier alpha value is -2.34. The number of carbonyl (C=O) groups is 2. The van der Waals surface area contributed by atoms with E-state index < -0.39 is 0 Å². The van der Waals surface area contributed by atoms with Gasteiger partial charge in [-0.3, -0.25) is 9.59 Å². The van der Waals surface area contributed by atoms with Gasteiger partial charge in [0.25, 0.3) is 0 Å². The second kappa shape index (κ2) is 8.36. The van der Waals surface area contributed by atoms with Crippen molar-refractivity contribution >= 4 is 23.4 Å². The van der Waals surface area contributed by atoms with Crippen LogP contribution in [0.4, 0.5) is 0 Å². The lowest BCUT2D eigenvalue weighted by Gasteiger charge is -2.33. The highest BCUT2D eigenvalue weighted by Gasteiger charge is 2.31. The first-order valence-electron chi connectivity index (χ1n) is 8.76. The first-order valence-corrected chi connectivity index (χ1v) is 9.14. The molecule has 1 aliphatic heterocycles. The number of carbonyl (C=O) groups excluding carboxylic acids is 2. The fourth-order valence-corrected chi connectivity index (χ4v) is 3.38. The highest BCUT2D eigenvalue weighted by atomic mass is 35.5. The molecule has 1 aromatic heterocycles. The Morgan fingerprint density at radius 2 is 2.15 bits per heavy atom. The van der Waals surface area contributed by atoms with Crippen LogP contribution >= 0.6 is 11.6 Å². The molecule has 1 fully saturated rings. The normalized spacial score (nSPS) is 17.2. The molecular weight excluding hydrogens is 354 g/mol. The van der Waals surface area contributed by atoms with Crippen LogP contribution in [0.2, 0.25) is 5.02 Å². The molecule has 1 atom stereocenters. The molecule has 0 aliphatic carbocycles. The minimum absolute atomic E-state index is 0.000970. The fraction of sp³-hybridized carbons (Fsp3) is 0.421. The van der Waals surface area contributed by atoms with Gasteiger partial charge in [-0.25, -0.2) is 4.98 Å². The summed E-state index contributed by atoms with van der Waals surface area (Å²) in [6.07, 6.45) is 5.01. The van der Waals surface area contributed by atoms with Gasteiger partial charge in [0.05, 0.1) is 12.7 Å². The molecule has 6 nitrogen and oxygen atoms in total. The second-order valence-electron chi connectivity index (χ2n) is 6.44. The Kier molecular flexibility index (Phi) is 5.93. The quantitative estimate of drug-likeness (QED) is 0.871. The number of aromatic nitrogens is 1. The van der Waals surface area contributed by atoms with Crippen LogP contribution in [0.5, 0.6) is 0 Å². The van der Waals surface area contributed by atoms with E-state index in [1.54, 1.807) is 11.1 Å². The Balaban J connectivity index is 1.72. The first kappa shape index (κ1) is 18.5. The van der Waals surface area contributed by atoms with Gasteiger partial charge >= 0.3 is 0 Å². The van der Waals surface area contributed by atoms with Gasteiger partial charge in [0, 0.05) is 24.9 Å². The molecule has 1 aromatic carbocycles. The lowest BCUT2D eigenvalue weighted by Crippen LogP contribution is -2.44. The minimum atomic E-state index is -0.218. The smallest absolute Gasteiger partial charge is 0.242 e. The number of amides is 2. The zero-order chi connectivity index (χ0) is 18.5. The van der Waals surface area contributed by atoms with Crippen LogP contribution in [0.25, 0.3) is 0 Å². The molecule has 2 amide bonds. The molecule has 3 rings (SSSR count). The van der Waals surface area contributed by atoms with E-state index in [0.29, 0.717) is 29.6 Å². The van der Waals surface area contributed by atoms with Crippen molar-refractivity contribution in [3.8, 4) is 0 Å². The zero-order valence-corrected chi connectivity index (χ0v) is 15.5. The van der Waals surface area contributed by atoms with Crippen molar-refractivity contribution in [1.29, 1.82) is 0 Å². The summed E-state index contributed by atoms with van der Waals surface area (Å²) in [5.41, 5.74) is 0.971. The summed E-state index contributed by atoms with van der Waals surface area (Å²) in [7, 11) is 0. The molecule has 7 heteroatoms. The summed E-state index contributed by atoms with van der Waals surface area (Å²) in [5.74, 6) is 0.927. The maximum absolute atomic E-state index is 12.5. The fourth-order valence-electron chi connectivity index (χ4n) is 3.18. The predicted octanol–water partition coefficient (Wildman–Crippen LogP) is 3.11. The third-order valence-corrected chi connectivity index (χ3v) is 4.86. The van der Waals surface area contributed by atoms with Crippen molar-refractivity contribution in [3.05, 3.63) is 52.7 Å². The molecule has 2 aromatic rings. The molecule has 0 radical (unpaired) electrons. The molecule has 0 unspecified atom stereocenters. The largest absolute Gasteiger partial charge is 0.443 e. The van der Waals surface area contributed by atoms with Crippen molar-refractivity contribution < 1.29 is 14.0 Å². The van der Waals surface area contributed by atoms with Gasteiger partial charge in [-0.05, 0) is 30.9 Å². The number of likely N-dealkylation sites (tertiary alicyclic amines) is 1. The number of rotatable bonds is 5. The average Bonchev–Trinajstić information content (AvgIpc) is 3.10. The number of hydrogen-bond acceptors (Lipinski definition) is 4. The number of oxazole rings is 1. The number of benzene rings is 1. The highest BCUT2D eigenvalue weighted by Crippen LogP contribution is 2.31. The van der Waals surface area contributed by atoms with Crippen LogP contribution in [0.15, 0.2) is 34.9 Å². The van der Waals surface area contributed by atoms with Gasteiger partial charge in [0.2, 0.25) is 17.7 Å². The predicted molar refractivity (Wildman–Crippen MR) is 97.7 cm³/mol. The van der Waals surface area contributed by atoms with Gasteiger partial charge in [-0.15, -0.1) is 0 Å². The highest BCUT2D eigenvalue weighted by molar-refractivity contribution is 6.31. The summed E-state index contributed by atoms with van der Waals surface area (Å²) in [4.78, 5) is 29.7. The Bertz CT molecular complexity index is 790. The lowest BCUT2D eigenvalue weighted by atomic mass is 10.0. The van der Waals surface area contributed by atoms with Crippen LogP contribution in [0.1, 0.15) is 49.4 Å². The molecule has 0 bridgehead atoms. The maximum Gasteiger partial charge on any atom is 0.242 e. The molecule has 26 heavy (non-hydrogen) atoms. The molecule has 1 saturated heterocycles. The monoisotopic (exact) mass is 375 g/mol. The van der Waals surface area contributed by atoms with Crippen LogP contribution in [0.3, 0.4) is 0 Å². The Labute approximate surface area is 157 Å². The van der Waals surface area contributed by atoms with Crippen molar-refractivity contribution in [2.45, 2.75) is 38.6 Å². The SMILES string of the molecule is CC(=O)NCC(=O)N1CCCC[C@@H]1c1ncc(Cc2ccccc2Cl)o1. The topological polar surface area (TPSA) is 75.4 Å². The van der Waals surface area contributed by atoms with Crippen molar-refractivity contribution in [1.82, 2.24) is 15.2 Å². The molecular formula is C19H22ClN3O3. The van der Waals surface area contributed by atoms with Crippen LogP contribution in [-0.4, -0.2) is 34.8 Å². The molecule has 0 spiro atoms. The number of halogens is 1. The number of piperidine rings is 1. The Morgan fingerprint density at radius 1 is 1.35 bits per heavy atom. The van der Waals surface area contributed by atoms with Crippen molar-refractivity contribution in [2.75, 3.05) is 13.1 Å². The molecule has 2 heterocycles. The number of hydrogen-bond donors (Lipinski definition) is 1. The minimum Gasteiger partial charge on any atom is -0.443 e. The standard InChI is InChI=1S/C19H22ClN3O3/c1-13(24)21-12-18(25)23-9-5-4-8-17(23)19-22-11-15(26-19)10-14-6-2-3-7-16(14)20/h2-3,6-7,11,17H,4-5,8-10,12H2,1H3,(H,21,24)/t17-/m1/s1. The molecule has 1 N–H and O–H groups in total. The maximum atomic E-state index is 12.5. The van der Waals surface area contributed by atoms with E-state index in [9.17, 15) is 9.59 Å². The van der Waals surface area contributed by atoms with E-state index in [0.717, 1.165) is 24.8 Å². The summed E-state index contributed by atoms with van der Waals surface area (Å²) >= 11 is 6.21. The van der Waals surface area contributed by atoms with E-state index >= 15 is 0 Å². The van der Waals surface area contributed by atoms with Gasteiger partial charge in [-0.2, -0.15) is 0 Å². The van der Waals surface area contributed by atoms with Gasteiger partial charge in [0.1, 0.15) is 11.8 Å². The summed E-state index contributed by atoms with van der Waals surface area (Å²) in [6, 6.07) is 7.43. The van der Waals surface area contributed by atoms with Crippen LogP contribution < -0.4 is 5.32 Å². The van der Waals surface area contributed by atoms with E-state index in [2.05, 4.69) is 10.3 Å². The lowest BCUT2D eigenvalue weighted by molar-refractivity contribution is -0.136. The van der Waals surface area contributed by atoms with Crippen molar-refractivity contribution in [3.63, 3.8) is 0 Å². The van der Waals surface area contributed by atoms with Crippen molar-refractivity contribution in [2.24, 2.45) is 0 Å². The summed E-state index contributed by atoms with van der Waals surface area (Å²) in [6.45, 7) is 2.04.